The lowest BCUT2D eigenvalue weighted by atomic mass is 9.90. The summed E-state index contributed by atoms with van der Waals surface area (Å²) < 4.78 is 22.4. The van der Waals surface area contributed by atoms with Gasteiger partial charge in [-0.15, -0.1) is 24.0 Å². The third-order valence-electron chi connectivity index (χ3n) is 9.80. The molecule has 0 spiro atoms. The van der Waals surface area contributed by atoms with E-state index < -0.39 is 76.2 Å². The van der Waals surface area contributed by atoms with Crippen LogP contribution in [0.25, 0.3) is 0 Å². The lowest BCUT2D eigenvalue weighted by molar-refractivity contribution is -0.180. The molecule has 0 aliphatic carbocycles. The van der Waals surface area contributed by atoms with E-state index in [0.717, 1.165) is 0 Å². The molecule has 0 fully saturated rings. The average Bonchev–Trinajstić information content (AvgIpc) is 3.16. The first-order valence-corrected chi connectivity index (χ1v) is 19.8. The van der Waals surface area contributed by atoms with Crippen LogP contribution < -0.4 is 21.1 Å². The highest BCUT2D eigenvalue weighted by molar-refractivity contribution is 6.32. The van der Waals surface area contributed by atoms with Gasteiger partial charge in [-0.05, 0) is 74.9 Å². The van der Waals surface area contributed by atoms with Crippen molar-refractivity contribution >= 4 is 65.3 Å². The average molecular weight is 871 g/mol. The summed E-state index contributed by atoms with van der Waals surface area (Å²) >= 11 is 13.1. The minimum absolute atomic E-state index is 0. The molecule has 1 aliphatic heterocycles. The zero-order valence-electron chi connectivity index (χ0n) is 34.3. The van der Waals surface area contributed by atoms with Crippen LogP contribution in [-0.2, 0) is 51.2 Å². The van der Waals surface area contributed by atoms with Crippen molar-refractivity contribution in [3.05, 3.63) is 76.3 Å². The van der Waals surface area contributed by atoms with Gasteiger partial charge in [0.1, 0.15) is 24.5 Å². The van der Waals surface area contributed by atoms with E-state index >= 15 is 0 Å². The molecular weight excluding hydrogens is 813 g/mol. The number of hydrogen-bond acceptors (Lipinski definition) is 11. The van der Waals surface area contributed by atoms with E-state index in [-0.39, 0.29) is 57.3 Å². The number of benzene rings is 2. The van der Waals surface area contributed by atoms with Gasteiger partial charge in [0.05, 0.1) is 34.4 Å². The Bertz CT molecular complexity index is 1750. The maximum atomic E-state index is 13.8. The molecule has 6 atom stereocenters. The molecule has 0 saturated carbocycles. The number of aliphatic hydroxyl groups is 1. The third kappa shape index (κ3) is 14.4. The van der Waals surface area contributed by atoms with Crippen LogP contribution in [0.15, 0.2) is 54.6 Å². The van der Waals surface area contributed by atoms with Gasteiger partial charge in [0.15, 0.2) is 6.10 Å². The summed E-state index contributed by atoms with van der Waals surface area (Å²) in [6.07, 6.45) is -0.724. The number of hydrogen-bond donors (Lipinski definition) is 4. The summed E-state index contributed by atoms with van der Waals surface area (Å²) in [4.78, 5) is 66.5. The normalized spacial score (nSPS) is 21.6. The van der Waals surface area contributed by atoms with Crippen LogP contribution in [0.3, 0.4) is 0 Å². The number of carbonyl (C=O) groups excluding carboxylic acids is 5. The van der Waals surface area contributed by atoms with Crippen LogP contribution in [0.1, 0.15) is 83.4 Å². The summed E-state index contributed by atoms with van der Waals surface area (Å²) in [5, 5.41) is 16.4. The molecule has 0 aromatic heterocycles. The Morgan fingerprint density at radius 2 is 1.69 bits per heavy atom. The first-order chi connectivity index (χ1) is 26.7. The first kappa shape index (κ1) is 50.3. The lowest BCUT2D eigenvalue weighted by Crippen LogP contribution is -2.51. The Kier molecular flexibility index (Phi) is 19.5. The molecule has 3 rings (SSSR count). The molecule has 13 nitrogen and oxygen atoms in total. The van der Waals surface area contributed by atoms with Crippen LogP contribution in [0.2, 0.25) is 5.02 Å². The number of methoxy groups -OCH3 is 1. The molecule has 0 saturated heterocycles. The maximum absolute atomic E-state index is 13.8. The third-order valence-corrected chi connectivity index (χ3v) is 10.6. The smallest absolute Gasteiger partial charge is 0.347 e. The van der Waals surface area contributed by atoms with Crippen molar-refractivity contribution in [2.24, 2.45) is 28.4 Å². The predicted octanol–water partition coefficient (Wildman–Crippen LogP) is 5.77. The summed E-state index contributed by atoms with van der Waals surface area (Å²) in [6, 6.07) is 10.8. The molecule has 5 N–H and O–H groups in total. The number of alkyl halides is 1. The van der Waals surface area contributed by atoms with Gasteiger partial charge in [0, 0.05) is 31.8 Å². The van der Waals surface area contributed by atoms with E-state index in [0.29, 0.717) is 27.5 Å². The molecule has 0 radical (unpaired) electrons. The molecule has 2 aromatic carbocycles. The number of rotatable bonds is 13. The number of aliphatic hydroxyl groups excluding tert-OH is 1. The van der Waals surface area contributed by atoms with E-state index in [1.165, 1.54) is 19.3 Å². The van der Waals surface area contributed by atoms with Crippen molar-refractivity contribution in [3.63, 3.8) is 0 Å². The van der Waals surface area contributed by atoms with Crippen molar-refractivity contribution in [1.29, 1.82) is 0 Å². The zero-order chi connectivity index (χ0) is 42.7. The van der Waals surface area contributed by atoms with E-state index in [2.05, 4.69) is 10.6 Å². The number of amides is 2. The molecule has 0 unspecified atom stereocenters. The highest BCUT2D eigenvalue weighted by Crippen LogP contribution is 2.33. The van der Waals surface area contributed by atoms with Gasteiger partial charge >= 0.3 is 17.9 Å². The standard InChI is InChI=1S/C42H57Cl2N3O10.ClH/c1-24(2)18-33-38(51)56-31(25(3)36(49)35(44)28-15-12-26(13-16-28)21-55-39(52)41(4,5)22-45)10-9-11-34(48)47-30(20-27-14-17-32(54-8)29(43)19-27)37(50)46-23-42(6,7)40(53)57-33;/h9,11-17,19,24-25,30-31,33,35-36,49H,10,18,20-23,45H2,1-8H3,(H,46,50)(H,47,48);1H/b11-9+;/t25-,30+,31-,33-,35-,36+;/m0./s1. The summed E-state index contributed by atoms with van der Waals surface area (Å²) in [7, 11) is 1.48. The fourth-order valence-electron chi connectivity index (χ4n) is 5.73. The predicted molar refractivity (Wildman–Crippen MR) is 223 cm³/mol. The quantitative estimate of drug-likeness (QED) is 0.109. The lowest BCUT2D eigenvalue weighted by Gasteiger charge is -2.32. The van der Waals surface area contributed by atoms with Crippen LogP contribution in [0.4, 0.5) is 0 Å². The minimum Gasteiger partial charge on any atom is -0.495 e. The Labute approximate surface area is 357 Å². The largest absolute Gasteiger partial charge is 0.495 e. The number of carbonyl (C=O) groups is 5. The van der Waals surface area contributed by atoms with Crippen molar-refractivity contribution in [2.45, 2.75) is 104 Å². The molecule has 16 heteroatoms. The summed E-state index contributed by atoms with van der Waals surface area (Å²) in [6.45, 7) is 11.9. The van der Waals surface area contributed by atoms with E-state index in [4.69, 9.17) is 47.9 Å². The van der Waals surface area contributed by atoms with Crippen molar-refractivity contribution in [3.8, 4) is 5.75 Å². The molecule has 1 heterocycles. The van der Waals surface area contributed by atoms with Gasteiger partial charge in [0.25, 0.3) is 0 Å². The van der Waals surface area contributed by atoms with Crippen molar-refractivity contribution in [2.75, 3.05) is 20.2 Å². The Morgan fingerprint density at radius 3 is 2.28 bits per heavy atom. The Balaban J connectivity index is 0.0000116. The van der Waals surface area contributed by atoms with Crippen LogP contribution in [0.5, 0.6) is 5.75 Å². The monoisotopic (exact) mass is 869 g/mol. The molecule has 1 aliphatic rings. The van der Waals surface area contributed by atoms with Crippen LogP contribution in [-0.4, -0.2) is 79.4 Å². The van der Waals surface area contributed by atoms with E-state index in [9.17, 15) is 29.1 Å². The number of halogens is 3. The fourth-order valence-corrected chi connectivity index (χ4v) is 6.38. The van der Waals surface area contributed by atoms with Crippen LogP contribution in [0, 0.1) is 22.7 Å². The van der Waals surface area contributed by atoms with Gasteiger partial charge < -0.3 is 40.4 Å². The van der Waals surface area contributed by atoms with Gasteiger partial charge in [-0.1, -0.05) is 68.8 Å². The first-order valence-electron chi connectivity index (χ1n) is 19.0. The summed E-state index contributed by atoms with van der Waals surface area (Å²) in [5.41, 5.74) is 5.46. The highest BCUT2D eigenvalue weighted by atomic mass is 35.5. The second-order valence-corrected chi connectivity index (χ2v) is 17.0. The highest BCUT2D eigenvalue weighted by Gasteiger charge is 2.39. The molecule has 58 heavy (non-hydrogen) atoms. The number of nitrogens with two attached hydrogens (primary N) is 1. The molecular formula is C42H58Cl3N3O10. The van der Waals surface area contributed by atoms with Crippen molar-refractivity contribution in [1.82, 2.24) is 10.6 Å². The number of cyclic esters (lactones) is 2. The fraction of sp³-hybridized carbons (Fsp3) is 0.548. The molecule has 0 bridgehead atoms. The van der Waals surface area contributed by atoms with Gasteiger partial charge in [-0.2, -0.15) is 0 Å². The van der Waals surface area contributed by atoms with Crippen molar-refractivity contribution < 1.29 is 48.0 Å². The summed E-state index contributed by atoms with van der Waals surface area (Å²) in [5.74, 6) is -3.59. The second kappa shape index (κ2) is 22.5. The Hall–Kier alpha value is -3.88. The molecule has 322 valence electrons. The number of nitrogens with one attached hydrogen (secondary N) is 2. The number of ether oxygens (including phenoxy) is 4. The number of esters is 3. The topological polar surface area (TPSA) is 193 Å². The Morgan fingerprint density at radius 1 is 1.05 bits per heavy atom. The maximum Gasteiger partial charge on any atom is 0.347 e. The van der Waals surface area contributed by atoms with Crippen LogP contribution >= 0.6 is 35.6 Å². The SMILES string of the molecule is COc1ccc(C[C@H]2NC(=O)/C=C/C[C@@H]([C@H](C)[C@@H](O)[C@@H](Cl)c3ccc(COC(=O)C(C)(C)CN)cc3)OC(=O)[C@H](CC(C)C)OC(=O)C(C)(C)CNC2=O)cc1Cl.Cl. The van der Waals surface area contributed by atoms with Gasteiger partial charge in [-0.3, -0.25) is 19.2 Å². The van der Waals surface area contributed by atoms with E-state index in [1.807, 2.05) is 13.8 Å². The van der Waals surface area contributed by atoms with Gasteiger partial charge in [0.2, 0.25) is 11.8 Å². The zero-order valence-corrected chi connectivity index (χ0v) is 36.7. The molecule has 2 aromatic rings. The molecule has 2 amide bonds. The second-order valence-electron chi connectivity index (χ2n) is 16.1. The van der Waals surface area contributed by atoms with E-state index in [1.54, 1.807) is 77.1 Å². The van der Waals surface area contributed by atoms with Gasteiger partial charge in [-0.25, -0.2) is 4.79 Å². The minimum atomic E-state index is -1.30.